The minimum Gasteiger partial charge on any atom is -0.341 e. The van der Waals surface area contributed by atoms with Gasteiger partial charge in [-0.05, 0) is 38.6 Å². The lowest BCUT2D eigenvalue weighted by molar-refractivity contribution is -0.131. The Bertz CT molecular complexity index is 556. The van der Waals surface area contributed by atoms with E-state index in [4.69, 9.17) is 0 Å². The van der Waals surface area contributed by atoms with E-state index >= 15 is 0 Å². The van der Waals surface area contributed by atoms with Crippen LogP contribution in [0.1, 0.15) is 29.6 Å². The van der Waals surface area contributed by atoms with Gasteiger partial charge in [0.1, 0.15) is 5.82 Å². The minimum absolute atomic E-state index is 0. The monoisotopic (exact) mass is 357 g/mol. The van der Waals surface area contributed by atoms with Crippen molar-refractivity contribution < 1.29 is 14.0 Å². The number of carbonyl (C=O) groups excluding carboxylic acids is 2. The quantitative estimate of drug-likeness (QED) is 0.819. The molecule has 1 aromatic carbocycles. The maximum Gasteiger partial charge on any atom is 0.256 e. The number of benzene rings is 1. The molecule has 0 unspecified atom stereocenters. The van der Waals surface area contributed by atoms with Gasteiger partial charge in [-0.1, -0.05) is 12.1 Å². The number of nitrogens with one attached hydrogen (secondary N) is 1. The fourth-order valence-corrected chi connectivity index (χ4v) is 2.75. The molecule has 2 amide bonds. The highest BCUT2D eigenvalue weighted by molar-refractivity contribution is 5.94. The Hall–Kier alpha value is -1.66. The first kappa shape index (κ1) is 20.4. The lowest BCUT2D eigenvalue weighted by Gasteiger charge is -2.22. The van der Waals surface area contributed by atoms with Gasteiger partial charge in [0.15, 0.2) is 0 Å². The van der Waals surface area contributed by atoms with Gasteiger partial charge in [-0.25, -0.2) is 4.39 Å². The Morgan fingerprint density at radius 3 is 2.50 bits per heavy atom. The predicted molar refractivity (Wildman–Crippen MR) is 93.9 cm³/mol. The molecule has 0 aromatic heterocycles. The van der Waals surface area contributed by atoms with E-state index in [9.17, 15) is 14.0 Å². The molecular weight excluding hydrogens is 333 g/mol. The van der Waals surface area contributed by atoms with Crippen LogP contribution in [0.3, 0.4) is 0 Å². The van der Waals surface area contributed by atoms with Crippen LogP contribution in [0.5, 0.6) is 0 Å². The summed E-state index contributed by atoms with van der Waals surface area (Å²) in [5, 5.41) is 3.02. The molecule has 1 aliphatic rings. The molecule has 24 heavy (non-hydrogen) atoms. The van der Waals surface area contributed by atoms with Gasteiger partial charge in [-0.15, -0.1) is 12.4 Å². The molecule has 0 bridgehead atoms. The summed E-state index contributed by atoms with van der Waals surface area (Å²) in [6.07, 6.45) is 2.05. The molecule has 1 aliphatic heterocycles. The Kier molecular flexibility index (Phi) is 8.71. The number of hydrogen-bond donors (Lipinski definition) is 1. The average Bonchev–Trinajstić information content (AvgIpc) is 2.81. The third-order valence-electron chi connectivity index (χ3n) is 4.06. The molecule has 1 saturated heterocycles. The van der Waals surface area contributed by atoms with Crippen LogP contribution < -0.4 is 5.32 Å². The Balaban J connectivity index is 0.00000288. The zero-order valence-corrected chi connectivity index (χ0v) is 14.8. The van der Waals surface area contributed by atoms with Gasteiger partial charge >= 0.3 is 0 Å². The standard InChI is InChI=1S/C17H24FN3O2.ClH/c1-19-9-4-8-16(22)20-10-5-11-21(13-12-20)17(23)14-6-2-3-7-15(14)18;/h2-3,6-7,19H,4-5,8-13H2,1H3;1H. The maximum atomic E-state index is 13.8. The van der Waals surface area contributed by atoms with Crippen LogP contribution in [-0.2, 0) is 4.79 Å². The number of rotatable bonds is 5. The smallest absolute Gasteiger partial charge is 0.256 e. The summed E-state index contributed by atoms with van der Waals surface area (Å²) in [7, 11) is 1.86. The van der Waals surface area contributed by atoms with Crippen molar-refractivity contribution in [3.63, 3.8) is 0 Å². The number of halogens is 2. The van der Waals surface area contributed by atoms with Gasteiger partial charge in [0, 0.05) is 32.6 Å². The Morgan fingerprint density at radius 2 is 1.79 bits per heavy atom. The molecule has 134 valence electrons. The van der Waals surface area contributed by atoms with E-state index in [2.05, 4.69) is 5.32 Å². The van der Waals surface area contributed by atoms with Crippen LogP contribution in [0.2, 0.25) is 0 Å². The Labute approximate surface area is 148 Å². The average molecular weight is 358 g/mol. The number of carbonyl (C=O) groups is 2. The van der Waals surface area contributed by atoms with Gasteiger partial charge in [-0.3, -0.25) is 9.59 Å². The van der Waals surface area contributed by atoms with Crippen molar-refractivity contribution in [3.05, 3.63) is 35.6 Å². The normalized spacial score (nSPS) is 14.8. The van der Waals surface area contributed by atoms with Gasteiger partial charge in [0.2, 0.25) is 5.91 Å². The van der Waals surface area contributed by atoms with E-state index in [-0.39, 0.29) is 29.8 Å². The lowest BCUT2D eigenvalue weighted by atomic mass is 10.2. The molecule has 1 fully saturated rings. The molecule has 0 spiro atoms. The molecule has 1 aromatic rings. The summed E-state index contributed by atoms with van der Waals surface area (Å²) < 4.78 is 13.8. The molecule has 0 aliphatic carbocycles. The van der Waals surface area contributed by atoms with E-state index in [1.807, 2.05) is 11.9 Å². The molecule has 2 rings (SSSR count). The summed E-state index contributed by atoms with van der Waals surface area (Å²) in [5.41, 5.74) is 0.0984. The number of nitrogens with zero attached hydrogens (tertiary/aromatic N) is 2. The molecule has 7 heteroatoms. The van der Waals surface area contributed by atoms with Crippen molar-refractivity contribution in [1.82, 2.24) is 15.1 Å². The number of amides is 2. The highest BCUT2D eigenvalue weighted by atomic mass is 35.5. The highest BCUT2D eigenvalue weighted by Crippen LogP contribution is 2.13. The summed E-state index contributed by atoms with van der Waals surface area (Å²) in [5.74, 6) is -0.672. The second kappa shape index (κ2) is 10.3. The van der Waals surface area contributed by atoms with Crippen LogP contribution in [-0.4, -0.2) is 61.4 Å². The van der Waals surface area contributed by atoms with Crippen LogP contribution in [0.4, 0.5) is 4.39 Å². The lowest BCUT2D eigenvalue weighted by Crippen LogP contribution is -2.37. The van der Waals surface area contributed by atoms with Crippen molar-refractivity contribution in [2.45, 2.75) is 19.3 Å². The van der Waals surface area contributed by atoms with Gasteiger partial charge < -0.3 is 15.1 Å². The van der Waals surface area contributed by atoms with Crippen molar-refractivity contribution in [2.24, 2.45) is 0 Å². The van der Waals surface area contributed by atoms with Crippen molar-refractivity contribution in [1.29, 1.82) is 0 Å². The van der Waals surface area contributed by atoms with Crippen molar-refractivity contribution in [3.8, 4) is 0 Å². The molecule has 0 radical (unpaired) electrons. The van der Waals surface area contributed by atoms with Crippen LogP contribution >= 0.6 is 12.4 Å². The van der Waals surface area contributed by atoms with Gasteiger partial charge in [0.05, 0.1) is 5.56 Å². The minimum atomic E-state index is -0.498. The molecule has 5 nitrogen and oxygen atoms in total. The zero-order chi connectivity index (χ0) is 16.7. The third-order valence-corrected chi connectivity index (χ3v) is 4.06. The summed E-state index contributed by atoms with van der Waals surface area (Å²) in [4.78, 5) is 28.0. The fraction of sp³-hybridized carbons (Fsp3) is 0.529. The zero-order valence-electron chi connectivity index (χ0n) is 14.0. The van der Waals surface area contributed by atoms with E-state index in [0.29, 0.717) is 32.6 Å². The van der Waals surface area contributed by atoms with Crippen LogP contribution in [0, 0.1) is 5.82 Å². The third kappa shape index (κ3) is 5.46. The molecule has 1 heterocycles. The number of hydrogen-bond acceptors (Lipinski definition) is 3. The summed E-state index contributed by atoms with van der Waals surface area (Å²) >= 11 is 0. The first-order chi connectivity index (χ1) is 11.1. The summed E-state index contributed by atoms with van der Waals surface area (Å²) in [6.45, 7) is 2.98. The second-order valence-electron chi connectivity index (χ2n) is 5.71. The first-order valence-electron chi connectivity index (χ1n) is 8.09. The topological polar surface area (TPSA) is 52.7 Å². The van der Waals surface area contributed by atoms with E-state index in [1.54, 1.807) is 17.0 Å². The van der Waals surface area contributed by atoms with Crippen LogP contribution in [0.25, 0.3) is 0 Å². The Morgan fingerprint density at radius 1 is 1.12 bits per heavy atom. The first-order valence-corrected chi connectivity index (χ1v) is 8.09. The van der Waals surface area contributed by atoms with Gasteiger partial charge in [-0.2, -0.15) is 0 Å². The SMILES string of the molecule is CNCCCC(=O)N1CCCN(C(=O)c2ccccc2F)CC1.Cl. The molecule has 0 atom stereocenters. The van der Waals surface area contributed by atoms with Crippen LogP contribution in [0.15, 0.2) is 24.3 Å². The molecule has 0 saturated carbocycles. The maximum absolute atomic E-state index is 13.8. The van der Waals surface area contributed by atoms with E-state index in [0.717, 1.165) is 19.4 Å². The van der Waals surface area contributed by atoms with Crippen molar-refractivity contribution >= 4 is 24.2 Å². The van der Waals surface area contributed by atoms with E-state index < -0.39 is 5.82 Å². The predicted octanol–water partition coefficient (Wildman–Crippen LogP) is 1.92. The van der Waals surface area contributed by atoms with E-state index in [1.165, 1.54) is 12.1 Å². The molecular formula is C17H25ClFN3O2. The summed E-state index contributed by atoms with van der Waals surface area (Å²) in [6, 6.07) is 6.03. The fourth-order valence-electron chi connectivity index (χ4n) is 2.75. The largest absolute Gasteiger partial charge is 0.341 e. The van der Waals surface area contributed by atoms with Gasteiger partial charge in [0.25, 0.3) is 5.91 Å². The van der Waals surface area contributed by atoms with Crippen molar-refractivity contribution in [2.75, 3.05) is 39.8 Å². The second-order valence-corrected chi connectivity index (χ2v) is 5.71. The molecule has 1 N–H and O–H groups in total. The highest BCUT2D eigenvalue weighted by Gasteiger charge is 2.23.